The molecule has 0 aliphatic carbocycles. The van der Waals surface area contributed by atoms with Crippen LogP contribution in [0.2, 0.25) is 0 Å². The van der Waals surface area contributed by atoms with E-state index in [0.717, 1.165) is 9.88 Å². The maximum Gasteiger partial charge on any atom is 0.358 e. The largest absolute Gasteiger partial charge is 0.461 e. The first-order chi connectivity index (χ1) is 11.8. The summed E-state index contributed by atoms with van der Waals surface area (Å²) in [6, 6.07) is 9.09. The van der Waals surface area contributed by atoms with Gasteiger partial charge in [-0.25, -0.2) is 9.78 Å². The zero-order valence-electron chi connectivity index (χ0n) is 12.2. The highest BCUT2D eigenvalue weighted by molar-refractivity contribution is 7.20. The predicted octanol–water partition coefficient (Wildman–Crippen LogP) is 4.48. The summed E-state index contributed by atoms with van der Waals surface area (Å²) in [4.78, 5) is 17.4. The molecule has 6 nitrogen and oxygen atoms in total. The molecule has 24 heavy (non-hydrogen) atoms. The third-order valence-electron chi connectivity index (χ3n) is 3.12. The number of hydrogen-bond acceptors (Lipinski definition) is 8. The molecule has 0 N–H and O–H groups in total. The van der Waals surface area contributed by atoms with E-state index in [1.807, 2.05) is 17.5 Å². The highest BCUT2D eigenvalue weighted by Crippen LogP contribution is 2.28. The zero-order chi connectivity index (χ0) is 16.4. The lowest BCUT2D eigenvalue weighted by molar-refractivity contribution is 0.0458. The fraction of sp³-hybridized carbons (Fsp3) is 0.0625. The average molecular weight is 358 g/mol. The lowest BCUT2D eigenvalue weighted by Gasteiger charge is -1.98. The molecular formula is C16H10N2O4S2. The Balaban J connectivity index is 1.40. The Morgan fingerprint density at radius 2 is 2.17 bits per heavy atom. The number of aromatic nitrogens is 2. The van der Waals surface area contributed by atoms with Crippen molar-refractivity contribution in [1.29, 1.82) is 0 Å². The van der Waals surface area contributed by atoms with Gasteiger partial charge in [0, 0.05) is 11.4 Å². The van der Waals surface area contributed by atoms with Gasteiger partial charge in [-0.05, 0) is 23.6 Å². The first-order valence-corrected chi connectivity index (χ1v) is 8.71. The van der Waals surface area contributed by atoms with Gasteiger partial charge in [0.15, 0.2) is 11.5 Å². The Morgan fingerprint density at radius 1 is 1.21 bits per heavy atom. The maximum absolute atomic E-state index is 12.1. The first-order valence-electron chi connectivity index (χ1n) is 6.95. The van der Waals surface area contributed by atoms with Crippen molar-refractivity contribution >= 4 is 28.6 Å². The van der Waals surface area contributed by atoms with Crippen molar-refractivity contribution < 1.29 is 18.5 Å². The van der Waals surface area contributed by atoms with Gasteiger partial charge >= 0.3 is 5.97 Å². The van der Waals surface area contributed by atoms with Gasteiger partial charge in [-0.15, -0.1) is 22.7 Å². The summed E-state index contributed by atoms with van der Waals surface area (Å²) in [6.07, 6.45) is 1.55. The molecule has 0 atom stereocenters. The minimum Gasteiger partial charge on any atom is -0.461 e. The molecule has 0 fully saturated rings. The molecule has 4 rings (SSSR count). The molecule has 0 spiro atoms. The van der Waals surface area contributed by atoms with E-state index in [-0.39, 0.29) is 12.3 Å². The molecule has 0 saturated carbocycles. The van der Waals surface area contributed by atoms with Crippen molar-refractivity contribution in [2.75, 3.05) is 0 Å². The topological polar surface area (TPSA) is 78.4 Å². The maximum atomic E-state index is 12.1. The van der Waals surface area contributed by atoms with Crippen LogP contribution in [0, 0.1) is 0 Å². The second-order valence-electron chi connectivity index (χ2n) is 4.75. The number of carbonyl (C=O) groups is 1. The van der Waals surface area contributed by atoms with E-state index in [4.69, 9.17) is 13.7 Å². The molecule has 8 heteroatoms. The Morgan fingerprint density at radius 3 is 2.96 bits per heavy atom. The molecular weight excluding hydrogens is 348 g/mol. The normalized spacial score (nSPS) is 10.8. The van der Waals surface area contributed by atoms with E-state index >= 15 is 0 Å². The second kappa shape index (κ2) is 6.42. The van der Waals surface area contributed by atoms with Crippen LogP contribution in [0.3, 0.4) is 0 Å². The van der Waals surface area contributed by atoms with Crippen LogP contribution in [0.1, 0.15) is 16.2 Å². The monoisotopic (exact) mass is 358 g/mol. The summed E-state index contributed by atoms with van der Waals surface area (Å²) < 4.78 is 15.6. The first kappa shape index (κ1) is 14.9. The van der Waals surface area contributed by atoms with Crippen LogP contribution in [0.15, 0.2) is 56.3 Å². The third kappa shape index (κ3) is 3.01. The fourth-order valence-electron chi connectivity index (χ4n) is 2.01. The Kier molecular flexibility index (Phi) is 3.97. The standard InChI is InChI=1S/C16H10N2O4S2/c19-16(11-9-24-15(17-11)14-4-2-6-23-14)21-8-10-7-13(22-18-10)12-3-1-5-20-12/h1-7,9H,8H2. The number of furan rings is 1. The number of carbonyl (C=O) groups excluding carboxylic acids is 1. The summed E-state index contributed by atoms with van der Waals surface area (Å²) >= 11 is 2.99. The molecule has 4 aromatic heterocycles. The number of rotatable bonds is 5. The molecule has 0 bridgehead atoms. The summed E-state index contributed by atoms with van der Waals surface area (Å²) in [7, 11) is 0. The number of ether oxygens (including phenoxy) is 1. The molecule has 0 unspecified atom stereocenters. The summed E-state index contributed by atoms with van der Waals surface area (Å²) in [5.74, 6) is 0.566. The van der Waals surface area contributed by atoms with Crippen LogP contribution in [0.25, 0.3) is 21.4 Å². The highest BCUT2D eigenvalue weighted by atomic mass is 32.1. The molecule has 0 aliphatic heterocycles. The molecule has 0 radical (unpaired) electrons. The van der Waals surface area contributed by atoms with E-state index in [0.29, 0.717) is 17.2 Å². The molecule has 0 aliphatic rings. The molecule has 0 aromatic carbocycles. The van der Waals surface area contributed by atoms with Crippen molar-refractivity contribution in [3.05, 3.63) is 58.7 Å². The van der Waals surface area contributed by atoms with Gasteiger partial charge in [-0.3, -0.25) is 0 Å². The minimum absolute atomic E-state index is 0.00883. The van der Waals surface area contributed by atoms with E-state index in [1.165, 1.54) is 11.3 Å². The predicted molar refractivity (Wildman–Crippen MR) is 88.8 cm³/mol. The highest BCUT2D eigenvalue weighted by Gasteiger charge is 2.15. The summed E-state index contributed by atoms with van der Waals surface area (Å²) in [5.41, 5.74) is 0.793. The molecule has 4 aromatic rings. The summed E-state index contributed by atoms with van der Waals surface area (Å²) in [6.45, 7) is 0.00883. The summed E-state index contributed by atoms with van der Waals surface area (Å²) in [5, 5.41) is 8.32. The number of thiazole rings is 1. The zero-order valence-corrected chi connectivity index (χ0v) is 13.8. The van der Waals surface area contributed by atoms with Crippen LogP contribution >= 0.6 is 22.7 Å². The molecule has 0 saturated heterocycles. The van der Waals surface area contributed by atoms with Crippen molar-refractivity contribution in [2.24, 2.45) is 0 Å². The molecule has 0 amide bonds. The number of esters is 1. The third-order valence-corrected chi connectivity index (χ3v) is 5.00. The van der Waals surface area contributed by atoms with Gasteiger partial charge < -0.3 is 13.7 Å². The van der Waals surface area contributed by atoms with E-state index < -0.39 is 5.97 Å². The lowest BCUT2D eigenvalue weighted by Crippen LogP contribution is -2.05. The lowest BCUT2D eigenvalue weighted by atomic mass is 10.3. The quantitative estimate of drug-likeness (QED) is 0.490. The number of thiophene rings is 1. The van der Waals surface area contributed by atoms with Crippen molar-refractivity contribution in [3.63, 3.8) is 0 Å². The Labute approximate surface area is 144 Å². The van der Waals surface area contributed by atoms with Crippen LogP contribution in [-0.4, -0.2) is 16.1 Å². The van der Waals surface area contributed by atoms with Gasteiger partial charge in [-0.1, -0.05) is 11.2 Å². The van der Waals surface area contributed by atoms with Gasteiger partial charge in [-0.2, -0.15) is 0 Å². The van der Waals surface area contributed by atoms with Gasteiger partial charge in [0.2, 0.25) is 5.76 Å². The minimum atomic E-state index is -0.489. The van der Waals surface area contributed by atoms with E-state index in [2.05, 4.69) is 10.1 Å². The smallest absolute Gasteiger partial charge is 0.358 e. The number of hydrogen-bond donors (Lipinski definition) is 0. The van der Waals surface area contributed by atoms with Gasteiger partial charge in [0.25, 0.3) is 0 Å². The van der Waals surface area contributed by atoms with Crippen molar-refractivity contribution in [2.45, 2.75) is 6.61 Å². The second-order valence-corrected chi connectivity index (χ2v) is 6.56. The van der Waals surface area contributed by atoms with Crippen LogP contribution in [0.4, 0.5) is 0 Å². The van der Waals surface area contributed by atoms with Crippen LogP contribution < -0.4 is 0 Å². The average Bonchev–Trinajstić information content (AvgIpc) is 3.40. The molecule has 120 valence electrons. The van der Waals surface area contributed by atoms with E-state index in [1.54, 1.807) is 41.2 Å². The van der Waals surface area contributed by atoms with E-state index in [9.17, 15) is 4.79 Å². The SMILES string of the molecule is O=C(OCc1cc(-c2ccco2)on1)c1csc(-c2cccs2)n1. The van der Waals surface area contributed by atoms with Crippen LogP contribution in [0.5, 0.6) is 0 Å². The fourth-order valence-corrected chi connectivity index (χ4v) is 3.61. The van der Waals surface area contributed by atoms with Crippen LogP contribution in [-0.2, 0) is 11.3 Å². The van der Waals surface area contributed by atoms with Gasteiger partial charge in [0.1, 0.15) is 17.3 Å². The van der Waals surface area contributed by atoms with Crippen molar-refractivity contribution in [1.82, 2.24) is 10.1 Å². The van der Waals surface area contributed by atoms with Crippen molar-refractivity contribution in [3.8, 4) is 21.4 Å². The number of nitrogens with zero attached hydrogens (tertiary/aromatic N) is 2. The Hall–Kier alpha value is -2.71. The molecule has 4 heterocycles. The van der Waals surface area contributed by atoms with Gasteiger partial charge in [0.05, 0.1) is 11.1 Å². The Bertz CT molecular complexity index is 939.